The summed E-state index contributed by atoms with van der Waals surface area (Å²) in [7, 11) is 1.62. The highest BCUT2D eigenvalue weighted by Gasteiger charge is 2.26. The maximum Gasteiger partial charge on any atom is 0.241 e. The summed E-state index contributed by atoms with van der Waals surface area (Å²) < 4.78 is 22.6. The van der Waals surface area contributed by atoms with Gasteiger partial charge in [-0.3, -0.25) is 14.6 Å². The van der Waals surface area contributed by atoms with Crippen LogP contribution < -0.4 is 10.1 Å². The van der Waals surface area contributed by atoms with E-state index >= 15 is 0 Å². The lowest BCUT2D eigenvalue weighted by atomic mass is 10.2. The third-order valence-corrected chi connectivity index (χ3v) is 5.30. The van der Waals surface area contributed by atoms with E-state index in [1.54, 1.807) is 19.2 Å². The SMILES string of the molecule is COc1cc(CN2CCN(C(C)C(=O)Nc3cccc(F)c3)CC2)sn1. The quantitative estimate of drug-likeness (QED) is 0.837. The summed E-state index contributed by atoms with van der Waals surface area (Å²) in [5.74, 6) is 0.186. The number of halogens is 1. The van der Waals surface area contributed by atoms with E-state index in [1.165, 1.54) is 28.5 Å². The molecule has 0 bridgehead atoms. The Labute approximate surface area is 156 Å². The zero-order valence-corrected chi connectivity index (χ0v) is 15.8. The zero-order chi connectivity index (χ0) is 18.5. The molecule has 1 unspecified atom stereocenters. The highest BCUT2D eigenvalue weighted by Crippen LogP contribution is 2.19. The Balaban J connectivity index is 1.48. The summed E-state index contributed by atoms with van der Waals surface area (Å²) in [5, 5.41) is 2.79. The first-order valence-electron chi connectivity index (χ1n) is 8.57. The van der Waals surface area contributed by atoms with Crippen LogP contribution >= 0.6 is 11.5 Å². The number of hydrogen-bond donors (Lipinski definition) is 1. The number of nitrogens with one attached hydrogen (secondary N) is 1. The molecule has 8 heteroatoms. The highest BCUT2D eigenvalue weighted by atomic mass is 32.1. The fourth-order valence-corrected chi connectivity index (χ4v) is 3.70. The van der Waals surface area contributed by atoms with E-state index in [9.17, 15) is 9.18 Å². The molecule has 2 heterocycles. The number of ether oxygens (including phenoxy) is 1. The molecule has 3 rings (SSSR count). The van der Waals surface area contributed by atoms with E-state index in [4.69, 9.17) is 4.74 Å². The molecule has 1 atom stereocenters. The number of rotatable bonds is 6. The number of carbonyl (C=O) groups is 1. The van der Waals surface area contributed by atoms with Crippen molar-refractivity contribution in [1.29, 1.82) is 0 Å². The van der Waals surface area contributed by atoms with Crippen LogP contribution in [0.4, 0.5) is 10.1 Å². The van der Waals surface area contributed by atoms with Gasteiger partial charge in [-0.1, -0.05) is 6.07 Å². The van der Waals surface area contributed by atoms with E-state index in [1.807, 2.05) is 13.0 Å². The number of piperazine rings is 1. The number of carbonyl (C=O) groups excluding carboxylic acids is 1. The number of hydrogen-bond acceptors (Lipinski definition) is 6. The third-order valence-electron chi connectivity index (χ3n) is 4.55. The van der Waals surface area contributed by atoms with Gasteiger partial charge in [0.15, 0.2) is 0 Å². The molecule has 1 N–H and O–H groups in total. The summed E-state index contributed by atoms with van der Waals surface area (Å²) >= 11 is 1.46. The topological polar surface area (TPSA) is 57.7 Å². The molecule has 1 aliphatic rings. The second-order valence-electron chi connectivity index (χ2n) is 6.32. The van der Waals surface area contributed by atoms with Crippen molar-refractivity contribution in [2.45, 2.75) is 19.5 Å². The molecule has 0 spiro atoms. The molecule has 0 radical (unpaired) electrons. The highest BCUT2D eigenvalue weighted by molar-refractivity contribution is 7.05. The van der Waals surface area contributed by atoms with Gasteiger partial charge in [-0.05, 0) is 36.7 Å². The Morgan fingerprint density at radius 3 is 2.77 bits per heavy atom. The fraction of sp³-hybridized carbons (Fsp3) is 0.444. The number of benzene rings is 1. The Hall–Kier alpha value is -2.03. The second-order valence-corrected chi connectivity index (χ2v) is 7.21. The van der Waals surface area contributed by atoms with Gasteiger partial charge < -0.3 is 10.1 Å². The second kappa shape index (κ2) is 8.57. The van der Waals surface area contributed by atoms with Gasteiger partial charge in [0.1, 0.15) is 5.82 Å². The molecule has 2 aromatic rings. The van der Waals surface area contributed by atoms with Gasteiger partial charge in [0.05, 0.1) is 13.2 Å². The van der Waals surface area contributed by atoms with E-state index in [-0.39, 0.29) is 17.8 Å². The third kappa shape index (κ3) is 4.78. The van der Waals surface area contributed by atoms with E-state index in [2.05, 4.69) is 19.5 Å². The van der Waals surface area contributed by atoms with Gasteiger partial charge in [-0.2, -0.15) is 4.37 Å². The molecule has 1 aromatic carbocycles. The molecule has 1 saturated heterocycles. The number of methoxy groups -OCH3 is 1. The van der Waals surface area contributed by atoms with Crippen LogP contribution in [-0.4, -0.2) is 59.4 Å². The van der Waals surface area contributed by atoms with Crippen molar-refractivity contribution in [3.63, 3.8) is 0 Å². The summed E-state index contributed by atoms with van der Waals surface area (Å²) in [6, 6.07) is 7.66. The van der Waals surface area contributed by atoms with Crippen LogP contribution in [0.3, 0.4) is 0 Å². The van der Waals surface area contributed by atoms with Gasteiger partial charge in [0.25, 0.3) is 0 Å². The predicted molar refractivity (Wildman–Crippen MR) is 100 cm³/mol. The van der Waals surface area contributed by atoms with E-state index in [0.717, 1.165) is 32.7 Å². The molecule has 1 fully saturated rings. The molecule has 1 aromatic heterocycles. The monoisotopic (exact) mass is 378 g/mol. The lowest BCUT2D eigenvalue weighted by molar-refractivity contribution is -0.121. The Bertz CT molecular complexity index is 746. The maximum atomic E-state index is 13.2. The first-order valence-corrected chi connectivity index (χ1v) is 9.35. The van der Waals surface area contributed by atoms with Gasteiger partial charge in [-0.15, -0.1) is 0 Å². The lowest BCUT2D eigenvalue weighted by Gasteiger charge is -2.37. The maximum absolute atomic E-state index is 13.2. The lowest BCUT2D eigenvalue weighted by Crippen LogP contribution is -2.52. The summed E-state index contributed by atoms with van der Waals surface area (Å²) in [6.45, 7) is 6.13. The Morgan fingerprint density at radius 2 is 2.12 bits per heavy atom. The molecule has 0 saturated carbocycles. The smallest absolute Gasteiger partial charge is 0.241 e. The molecule has 1 amide bonds. The fourth-order valence-electron chi connectivity index (χ4n) is 2.97. The Morgan fingerprint density at radius 1 is 1.35 bits per heavy atom. The molecular formula is C18H23FN4O2S. The van der Waals surface area contributed by atoms with Gasteiger partial charge >= 0.3 is 0 Å². The van der Waals surface area contributed by atoms with Crippen LogP contribution in [0.1, 0.15) is 11.8 Å². The number of amides is 1. The number of nitrogens with zero attached hydrogens (tertiary/aromatic N) is 3. The molecule has 26 heavy (non-hydrogen) atoms. The van der Waals surface area contributed by atoms with Crippen LogP contribution in [0.15, 0.2) is 30.3 Å². The van der Waals surface area contributed by atoms with Crippen molar-refractivity contribution in [3.05, 3.63) is 41.0 Å². The van der Waals surface area contributed by atoms with Gasteiger partial charge in [0.2, 0.25) is 11.8 Å². The van der Waals surface area contributed by atoms with Crippen molar-refractivity contribution in [2.24, 2.45) is 0 Å². The minimum atomic E-state index is -0.358. The standard InChI is InChI=1S/C18H23FN4O2S/c1-13(18(24)20-15-5-3-4-14(19)10-15)23-8-6-22(7-9-23)12-16-11-17(25-2)21-26-16/h3-5,10-11,13H,6-9,12H2,1-2H3,(H,20,24). The molecule has 0 aliphatic carbocycles. The van der Waals surface area contributed by atoms with Crippen LogP contribution in [0.5, 0.6) is 5.88 Å². The largest absolute Gasteiger partial charge is 0.480 e. The van der Waals surface area contributed by atoms with Crippen LogP contribution in [0.25, 0.3) is 0 Å². The van der Waals surface area contributed by atoms with Crippen molar-refractivity contribution >= 4 is 23.1 Å². The van der Waals surface area contributed by atoms with E-state index < -0.39 is 0 Å². The zero-order valence-electron chi connectivity index (χ0n) is 14.9. The van der Waals surface area contributed by atoms with Crippen molar-refractivity contribution in [2.75, 3.05) is 38.6 Å². The van der Waals surface area contributed by atoms with Crippen LogP contribution in [0, 0.1) is 5.82 Å². The molecular weight excluding hydrogens is 355 g/mol. The minimum Gasteiger partial charge on any atom is -0.480 e. The summed E-state index contributed by atoms with van der Waals surface area (Å²) in [4.78, 5) is 18.1. The first-order chi connectivity index (χ1) is 12.5. The van der Waals surface area contributed by atoms with Gasteiger partial charge in [0, 0.05) is 49.4 Å². The first kappa shape index (κ1) is 18.8. The van der Waals surface area contributed by atoms with Crippen molar-refractivity contribution in [1.82, 2.24) is 14.2 Å². The molecule has 1 aliphatic heterocycles. The summed E-state index contributed by atoms with van der Waals surface area (Å²) in [6.07, 6.45) is 0. The number of aromatic nitrogens is 1. The van der Waals surface area contributed by atoms with Crippen LogP contribution in [-0.2, 0) is 11.3 Å². The molecule has 140 valence electrons. The van der Waals surface area contributed by atoms with Crippen molar-refractivity contribution < 1.29 is 13.9 Å². The number of anilines is 1. The Kier molecular flexibility index (Phi) is 6.18. The molecule has 6 nitrogen and oxygen atoms in total. The predicted octanol–water partition coefficient (Wildman–Crippen LogP) is 2.44. The average molecular weight is 378 g/mol. The minimum absolute atomic E-state index is 0.115. The average Bonchev–Trinajstić information content (AvgIpc) is 3.09. The normalized spacial score (nSPS) is 17.0. The summed E-state index contributed by atoms with van der Waals surface area (Å²) in [5.41, 5.74) is 0.486. The van der Waals surface area contributed by atoms with Gasteiger partial charge in [-0.25, -0.2) is 4.39 Å². The van der Waals surface area contributed by atoms with E-state index in [0.29, 0.717) is 11.6 Å². The van der Waals surface area contributed by atoms with Crippen molar-refractivity contribution in [3.8, 4) is 5.88 Å². The van der Waals surface area contributed by atoms with Crippen LogP contribution in [0.2, 0.25) is 0 Å².